The predicted octanol–water partition coefficient (Wildman–Crippen LogP) is 2.90. The SMILES string of the molecule is CC(=O)NCc1ccc(C(=O)Nc2ccc(S(=O)(=O)NCCC(C)C)cc2)cc1. The number of hydrogen-bond acceptors (Lipinski definition) is 4. The van der Waals surface area contributed by atoms with Crippen LogP contribution < -0.4 is 15.4 Å². The molecule has 3 N–H and O–H groups in total. The van der Waals surface area contributed by atoms with Gasteiger partial charge >= 0.3 is 0 Å². The lowest BCUT2D eigenvalue weighted by atomic mass is 10.1. The van der Waals surface area contributed by atoms with Crippen molar-refractivity contribution < 1.29 is 18.0 Å². The van der Waals surface area contributed by atoms with Crippen molar-refractivity contribution in [2.45, 2.75) is 38.6 Å². The Bertz CT molecular complexity index is 937. The summed E-state index contributed by atoms with van der Waals surface area (Å²) in [5.41, 5.74) is 1.85. The highest BCUT2D eigenvalue weighted by Crippen LogP contribution is 2.15. The minimum absolute atomic E-state index is 0.118. The molecule has 2 rings (SSSR count). The molecule has 0 bridgehead atoms. The first kappa shape index (κ1) is 22.6. The highest BCUT2D eigenvalue weighted by atomic mass is 32.2. The van der Waals surface area contributed by atoms with Gasteiger partial charge in [-0.05, 0) is 54.3 Å². The molecule has 8 heteroatoms. The van der Waals surface area contributed by atoms with Gasteiger partial charge in [-0.1, -0.05) is 26.0 Å². The van der Waals surface area contributed by atoms with Crippen LogP contribution in [0.5, 0.6) is 0 Å². The van der Waals surface area contributed by atoms with Gasteiger partial charge < -0.3 is 10.6 Å². The number of carbonyl (C=O) groups excluding carboxylic acids is 2. The summed E-state index contributed by atoms with van der Waals surface area (Å²) >= 11 is 0. The zero-order valence-electron chi connectivity index (χ0n) is 16.9. The maximum atomic E-state index is 12.4. The molecule has 2 aromatic rings. The highest BCUT2D eigenvalue weighted by Gasteiger charge is 2.14. The van der Waals surface area contributed by atoms with Crippen LogP contribution in [0.2, 0.25) is 0 Å². The van der Waals surface area contributed by atoms with Gasteiger partial charge in [0.1, 0.15) is 0 Å². The van der Waals surface area contributed by atoms with Gasteiger partial charge in [-0.2, -0.15) is 0 Å². The topological polar surface area (TPSA) is 104 Å². The Morgan fingerprint density at radius 3 is 2.14 bits per heavy atom. The number of carbonyl (C=O) groups is 2. The summed E-state index contributed by atoms with van der Waals surface area (Å²) in [6.45, 7) is 6.29. The molecule has 0 unspecified atom stereocenters. The number of amides is 2. The summed E-state index contributed by atoms with van der Waals surface area (Å²) in [6, 6.07) is 12.9. The molecule has 0 aromatic heterocycles. The van der Waals surface area contributed by atoms with Crippen molar-refractivity contribution >= 4 is 27.5 Å². The van der Waals surface area contributed by atoms with Crippen LogP contribution in [0.15, 0.2) is 53.4 Å². The quantitative estimate of drug-likeness (QED) is 0.583. The van der Waals surface area contributed by atoms with Gasteiger partial charge in [-0.15, -0.1) is 0 Å². The zero-order valence-corrected chi connectivity index (χ0v) is 17.7. The van der Waals surface area contributed by atoms with E-state index in [2.05, 4.69) is 15.4 Å². The van der Waals surface area contributed by atoms with E-state index in [-0.39, 0.29) is 16.7 Å². The first-order valence-corrected chi connectivity index (χ1v) is 10.9. The Hall–Kier alpha value is -2.71. The molecule has 0 saturated carbocycles. The van der Waals surface area contributed by atoms with Crippen molar-refractivity contribution in [2.75, 3.05) is 11.9 Å². The van der Waals surface area contributed by atoms with Crippen LogP contribution in [0.3, 0.4) is 0 Å². The Labute approximate surface area is 172 Å². The standard InChI is InChI=1S/C21H27N3O4S/c1-15(2)12-13-23-29(27,28)20-10-8-19(9-11-20)24-21(26)18-6-4-17(5-7-18)14-22-16(3)25/h4-11,15,23H,12-14H2,1-3H3,(H,22,25)(H,24,26). The Kier molecular flexibility index (Phi) is 7.92. The van der Waals surface area contributed by atoms with Crippen molar-refractivity contribution in [2.24, 2.45) is 5.92 Å². The summed E-state index contributed by atoms with van der Waals surface area (Å²) < 4.78 is 27.1. The maximum absolute atomic E-state index is 12.4. The number of rotatable bonds is 9. The fourth-order valence-corrected chi connectivity index (χ4v) is 3.53. The fourth-order valence-electron chi connectivity index (χ4n) is 2.49. The molecule has 2 amide bonds. The summed E-state index contributed by atoms with van der Waals surface area (Å²) in [4.78, 5) is 23.5. The molecule has 29 heavy (non-hydrogen) atoms. The van der Waals surface area contributed by atoms with E-state index in [0.29, 0.717) is 30.3 Å². The molecular weight excluding hydrogens is 390 g/mol. The average Bonchev–Trinajstić information content (AvgIpc) is 2.66. The van der Waals surface area contributed by atoms with Crippen LogP contribution in [0, 0.1) is 5.92 Å². The molecule has 7 nitrogen and oxygen atoms in total. The molecule has 0 aliphatic heterocycles. The van der Waals surface area contributed by atoms with E-state index in [0.717, 1.165) is 12.0 Å². The Morgan fingerprint density at radius 1 is 0.966 bits per heavy atom. The molecule has 0 atom stereocenters. The van der Waals surface area contributed by atoms with Crippen molar-refractivity contribution in [3.63, 3.8) is 0 Å². The summed E-state index contributed by atoms with van der Waals surface area (Å²) in [7, 11) is -3.56. The lowest BCUT2D eigenvalue weighted by molar-refractivity contribution is -0.119. The van der Waals surface area contributed by atoms with E-state index < -0.39 is 10.0 Å². The van der Waals surface area contributed by atoms with Gasteiger partial charge in [0.05, 0.1) is 4.90 Å². The second-order valence-corrected chi connectivity index (χ2v) is 8.93. The normalized spacial score (nSPS) is 11.3. The van der Waals surface area contributed by atoms with E-state index in [1.165, 1.54) is 19.1 Å². The third-order valence-corrected chi connectivity index (χ3v) is 5.67. The van der Waals surface area contributed by atoms with Crippen molar-refractivity contribution in [3.8, 4) is 0 Å². The smallest absolute Gasteiger partial charge is 0.255 e. The van der Waals surface area contributed by atoms with Gasteiger partial charge in [-0.3, -0.25) is 9.59 Å². The number of benzene rings is 2. The molecule has 0 aliphatic rings. The van der Waals surface area contributed by atoms with Gasteiger partial charge in [0.25, 0.3) is 5.91 Å². The van der Waals surface area contributed by atoms with E-state index in [1.54, 1.807) is 36.4 Å². The first-order chi connectivity index (χ1) is 13.7. The lowest BCUT2D eigenvalue weighted by Gasteiger charge is -2.10. The molecule has 2 aromatic carbocycles. The van der Waals surface area contributed by atoms with Crippen LogP contribution in [-0.2, 0) is 21.4 Å². The zero-order chi connectivity index (χ0) is 21.4. The monoisotopic (exact) mass is 417 g/mol. The molecule has 0 heterocycles. The average molecular weight is 418 g/mol. The minimum Gasteiger partial charge on any atom is -0.352 e. The second kappa shape index (κ2) is 10.2. The van der Waals surface area contributed by atoms with Crippen molar-refractivity contribution in [1.29, 1.82) is 0 Å². The number of nitrogens with one attached hydrogen (secondary N) is 3. The van der Waals surface area contributed by atoms with Gasteiger partial charge in [0.15, 0.2) is 0 Å². The molecule has 0 radical (unpaired) electrons. The molecule has 156 valence electrons. The second-order valence-electron chi connectivity index (χ2n) is 7.17. The van der Waals surface area contributed by atoms with Crippen LogP contribution in [-0.4, -0.2) is 26.8 Å². The fraction of sp³-hybridized carbons (Fsp3) is 0.333. The first-order valence-electron chi connectivity index (χ1n) is 9.42. The number of hydrogen-bond donors (Lipinski definition) is 3. The predicted molar refractivity (Wildman–Crippen MR) is 113 cm³/mol. The van der Waals surface area contributed by atoms with Gasteiger partial charge in [0, 0.05) is 31.3 Å². The van der Waals surface area contributed by atoms with Crippen molar-refractivity contribution in [3.05, 3.63) is 59.7 Å². The van der Waals surface area contributed by atoms with Crippen molar-refractivity contribution in [1.82, 2.24) is 10.0 Å². The van der Waals surface area contributed by atoms with Crippen LogP contribution in [0.4, 0.5) is 5.69 Å². The molecule has 0 aliphatic carbocycles. The lowest BCUT2D eigenvalue weighted by Crippen LogP contribution is -2.25. The van der Waals surface area contributed by atoms with Gasteiger partial charge in [0.2, 0.25) is 15.9 Å². The van der Waals surface area contributed by atoms with Crippen LogP contribution in [0.25, 0.3) is 0 Å². The van der Waals surface area contributed by atoms with Crippen LogP contribution >= 0.6 is 0 Å². The van der Waals surface area contributed by atoms with E-state index in [4.69, 9.17) is 0 Å². The minimum atomic E-state index is -3.56. The third-order valence-electron chi connectivity index (χ3n) is 4.19. The van der Waals surface area contributed by atoms with E-state index in [9.17, 15) is 18.0 Å². The third kappa shape index (κ3) is 7.32. The number of sulfonamides is 1. The van der Waals surface area contributed by atoms with Gasteiger partial charge in [-0.25, -0.2) is 13.1 Å². The summed E-state index contributed by atoms with van der Waals surface area (Å²) in [5.74, 6) is -0.0103. The summed E-state index contributed by atoms with van der Waals surface area (Å²) in [5, 5.41) is 5.43. The maximum Gasteiger partial charge on any atom is 0.255 e. The molecule has 0 fully saturated rings. The Morgan fingerprint density at radius 2 is 1.59 bits per heavy atom. The summed E-state index contributed by atoms with van der Waals surface area (Å²) in [6.07, 6.45) is 0.761. The molecular formula is C21H27N3O4S. The highest BCUT2D eigenvalue weighted by molar-refractivity contribution is 7.89. The van der Waals surface area contributed by atoms with E-state index >= 15 is 0 Å². The molecule has 0 saturated heterocycles. The van der Waals surface area contributed by atoms with E-state index in [1.807, 2.05) is 13.8 Å². The largest absolute Gasteiger partial charge is 0.352 e. The number of anilines is 1. The van der Waals surface area contributed by atoms with Crippen LogP contribution in [0.1, 0.15) is 43.1 Å². The molecule has 0 spiro atoms. The Balaban J connectivity index is 1.96.